The van der Waals surface area contributed by atoms with Gasteiger partial charge in [0, 0.05) is 6.54 Å². The van der Waals surface area contributed by atoms with Gasteiger partial charge in [0.25, 0.3) is 0 Å². The number of carboxylic acids is 1. The third-order valence-electron chi connectivity index (χ3n) is 2.48. The molecule has 0 bridgehead atoms. The number of hydrogen-bond donors (Lipinski definition) is 2. The molecule has 1 aromatic heterocycles. The van der Waals surface area contributed by atoms with Gasteiger partial charge in [-0.3, -0.25) is 4.68 Å². The van der Waals surface area contributed by atoms with Gasteiger partial charge in [0.1, 0.15) is 0 Å². The second-order valence-corrected chi connectivity index (χ2v) is 3.98. The van der Waals surface area contributed by atoms with E-state index in [2.05, 4.69) is 22.6 Å². The van der Waals surface area contributed by atoms with Gasteiger partial charge >= 0.3 is 5.97 Å². The summed E-state index contributed by atoms with van der Waals surface area (Å²) in [4.78, 5) is 10.6. The van der Waals surface area contributed by atoms with E-state index in [4.69, 9.17) is 5.11 Å². The van der Waals surface area contributed by atoms with Gasteiger partial charge < -0.3 is 10.4 Å². The Balaban J connectivity index is 2.07. The molecule has 0 aliphatic rings. The van der Waals surface area contributed by atoms with E-state index >= 15 is 0 Å². The first-order chi connectivity index (χ1) is 8.24. The molecular weight excluding hydrogens is 220 g/mol. The Bertz CT molecular complexity index is 338. The zero-order chi connectivity index (χ0) is 12.5. The number of aromatic nitrogens is 3. The fraction of sp³-hybridized carbons (Fsp3) is 0.727. The third kappa shape index (κ3) is 5.44. The molecule has 0 aliphatic heterocycles. The molecule has 0 saturated heterocycles. The summed E-state index contributed by atoms with van der Waals surface area (Å²) >= 11 is 0. The Morgan fingerprint density at radius 1 is 1.41 bits per heavy atom. The van der Waals surface area contributed by atoms with Crippen LogP contribution in [0.4, 0.5) is 0 Å². The molecule has 0 atom stereocenters. The lowest BCUT2D eigenvalue weighted by molar-refractivity contribution is 0.0690. The van der Waals surface area contributed by atoms with Gasteiger partial charge in [0.15, 0.2) is 5.69 Å². The number of carbonyl (C=O) groups is 1. The maximum Gasteiger partial charge on any atom is 0.358 e. The largest absolute Gasteiger partial charge is 0.476 e. The number of nitrogens with one attached hydrogen (secondary N) is 1. The van der Waals surface area contributed by atoms with Crippen LogP contribution in [0.2, 0.25) is 0 Å². The van der Waals surface area contributed by atoms with Crippen LogP contribution in [0.15, 0.2) is 6.20 Å². The van der Waals surface area contributed by atoms with E-state index in [-0.39, 0.29) is 5.69 Å². The zero-order valence-electron chi connectivity index (χ0n) is 10.2. The van der Waals surface area contributed by atoms with Gasteiger partial charge in [-0.2, -0.15) is 0 Å². The minimum absolute atomic E-state index is 0.00653. The van der Waals surface area contributed by atoms with Crippen molar-refractivity contribution < 1.29 is 9.90 Å². The molecule has 6 nitrogen and oxygen atoms in total. The molecule has 1 rings (SSSR count). The minimum Gasteiger partial charge on any atom is -0.476 e. The molecule has 1 aromatic rings. The Morgan fingerprint density at radius 2 is 2.24 bits per heavy atom. The first-order valence-electron chi connectivity index (χ1n) is 6.08. The van der Waals surface area contributed by atoms with Crippen molar-refractivity contribution in [3.8, 4) is 0 Å². The highest BCUT2D eigenvalue weighted by Crippen LogP contribution is 1.97. The van der Waals surface area contributed by atoms with Crippen LogP contribution >= 0.6 is 0 Å². The molecule has 0 aliphatic carbocycles. The molecule has 0 radical (unpaired) electrons. The summed E-state index contributed by atoms with van der Waals surface area (Å²) in [5.74, 6) is -1.04. The summed E-state index contributed by atoms with van der Waals surface area (Å²) < 4.78 is 1.54. The van der Waals surface area contributed by atoms with Crippen molar-refractivity contribution in [1.29, 1.82) is 0 Å². The summed E-state index contributed by atoms with van der Waals surface area (Å²) in [6.07, 6.45) is 6.42. The Kier molecular flexibility index (Phi) is 6.24. The molecule has 0 amide bonds. The fourth-order valence-electron chi connectivity index (χ4n) is 1.50. The van der Waals surface area contributed by atoms with Crippen LogP contribution < -0.4 is 5.32 Å². The topological polar surface area (TPSA) is 80.0 Å². The molecule has 0 aromatic carbocycles. The molecule has 6 heteroatoms. The van der Waals surface area contributed by atoms with E-state index in [1.807, 2.05) is 0 Å². The summed E-state index contributed by atoms with van der Waals surface area (Å²) in [6, 6.07) is 0. The van der Waals surface area contributed by atoms with Crippen molar-refractivity contribution in [2.75, 3.05) is 13.1 Å². The molecule has 0 spiro atoms. The molecule has 2 N–H and O–H groups in total. The minimum atomic E-state index is -1.04. The second kappa shape index (κ2) is 7.78. The molecule has 0 saturated carbocycles. The number of carboxylic acid groups (broad SMARTS) is 1. The smallest absolute Gasteiger partial charge is 0.358 e. The average molecular weight is 240 g/mol. The number of nitrogens with zero attached hydrogens (tertiary/aromatic N) is 3. The van der Waals surface area contributed by atoms with E-state index in [0.29, 0.717) is 6.54 Å². The van der Waals surface area contributed by atoms with Gasteiger partial charge in [0.2, 0.25) is 0 Å². The van der Waals surface area contributed by atoms with Gasteiger partial charge in [-0.15, -0.1) is 5.10 Å². The number of aromatic carboxylic acids is 1. The zero-order valence-corrected chi connectivity index (χ0v) is 10.2. The lowest BCUT2D eigenvalue weighted by Crippen LogP contribution is -2.21. The normalized spacial score (nSPS) is 10.6. The van der Waals surface area contributed by atoms with Crippen molar-refractivity contribution in [2.24, 2.45) is 0 Å². The predicted octanol–water partition coefficient (Wildman–Crippen LogP) is 1.15. The van der Waals surface area contributed by atoms with E-state index in [9.17, 15) is 4.79 Å². The van der Waals surface area contributed by atoms with Crippen molar-refractivity contribution >= 4 is 5.97 Å². The lowest BCUT2D eigenvalue weighted by Gasteiger charge is -2.03. The van der Waals surface area contributed by atoms with Crippen LogP contribution in [-0.2, 0) is 6.54 Å². The van der Waals surface area contributed by atoms with Crippen molar-refractivity contribution in [2.45, 2.75) is 39.2 Å². The van der Waals surface area contributed by atoms with Gasteiger partial charge in [-0.05, 0) is 13.0 Å². The van der Waals surface area contributed by atoms with Crippen LogP contribution in [0.5, 0.6) is 0 Å². The maximum absolute atomic E-state index is 10.6. The Morgan fingerprint density at radius 3 is 2.88 bits per heavy atom. The lowest BCUT2D eigenvalue weighted by atomic mass is 10.2. The molecular formula is C11H20N4O2. The SMILES string of the molecule is CCCCCCNCCn1cc(C(=O)O)nn1. The summed E-state index contributed by atoms with van der Waals surface area (Å²) in [5.41, 5.74) is -0.00653. The monoisotopic (exact) mass is 240 g/mol. The molecule has 0 unspecified atom stereocenters. The molecule has 0 fully saturated rings. The van der Waals surface area contributed by atoms with E-state index in [1.54, 1.807) is 4.68 Å². The highest BCUT2D eigenvalue weighted by atomic mass is 16.4. The summed E-state index contributed by atoms with van der Waals surface area (Å²) in [7, 11) is 0. The fourth-order valence-corrected chi connectivity index (χ4v) is 1.50. The Hall–Kier alpha value is -1.43. The van der Waals surface area contributed by atoms with E-state index in [1.165, 1.54) is 31.9 Å². The number of hydrogen-bond acceptors (Lipinski definition) is 4. The molecule has 17 heavy (non-hydrogen) atoms. The highest BCUT2D eigenvalue weighted by molar-refractivity contribution is 5.84. The standard InChI is InChI=1S/C11H20N4O2/c1-2-3-4-5-6-12-7-8-15-9-10(11(16)17)13-14-15/h9,12H,2-8H2,1H3,(H,16,17). The van der Waals surface area contributed by atoms with Gasteiger partial charge in [-0.1, -0.05) is 31.4 Å². The van der Waals surface area contributed by atoms with Gasteiger partial charge in [-0.25, -0.2) is 4.79 Å². The Labute approximate surface area is 101 Å². The number of unbranched alkanes of at least 4 members (excludes halogenated alkanes) is 3. The van der Waals surface area contributed by atoms with Crippen LogP contribution in [0.25, 0.3) is 0 Å². The van der Waals surface area contributed by atoms with Crippen molar-refractivity contribution in [1.82, 2.24) is 20.3 Å². The molecule has 1 heterocycles. The predicted molar refractivity (Wildman–Crippen MR) is 64.0 cm³/mol. The first kappa shape index (κ1) is 13.6. The third-order valence-corrected chi connectivity index (χ3v) is 2.48. The summed E-state index contributed by atoms with van der Waals surface area (Å²) in [6.45, 7) is 4.63. The highest BCUT2D eigenvalue weighted by Gasteiger charge is 2.07. The van der Waals surface area contributed by atoms with E-state index < -0.39 is 5.97 Å². The average Bonchev–Trinajstić information content (AvgIpc) is 2.77. The first-order valence-corrected chi connectivity index (χ1v) is 6.08. The van der Waals surface area contributed by atoms with Crippen molar-refractivity contribution in [3.05, 3.63) is 11.9 Å². The van der Waals surface area contributed by atoms with Gasteiger partial charge in [0.05, 0.1) is 12.7 Å². The van der Waals surface area contributed by atoms with Crippen LogP contribution in [0.1, 0.15) is 43.1 Å². The van der Waals surface area contributed by atoms with Crippen LogP contribution in [-0.4, -0.2) is 39.2 Å². The second-order valence-electron chi connectivity index (χ2n) is 3.98. The summed E-state index contributed by atoms with van der Waals surface area (Å²) in [5, 5.41) is 19.2. The maximum atomic E-state index is 10.6. The van der Waals surface area contributed by atoms with Crippen molar-refractivity contribution in [3.63, 3.8) is 0 Å². The van der Waals surface area contributed by atoms with E-state index in [0.717, 1.165) is 13.1 Å². The van der Waals surface area contributed by atoms with Crippen LogP contribution in [0.3, 0.4) is 0 Å². The molecule has 96 valence electrons. The van der Waals surface area contributed by atoms with Crippen LogP contribution in [0, 0.1) is 0 Å². The quantitative estimate of drug-likeness (QED) is 0.633. The number of rotatable bonds is 9.